The minimum atomic E-state index is 0.835. The van der Waals surface area contributed by atoms with Crippen LogP contribution in [0.5, 0.6) is 0 Å². The molecule has 0 amide bonds. The Hall–Kier alpha value is -1.77. The van der Waals surface area contributed by atoms with E-state index in [1.54, 1.807) is 6.20 Å². The van der Waals surface area contributed by atoms with E-state index in [1.807, 2.05) is 17.8 Å². The summed E-state index contributed by atoms with van der Waals surface area (Å²) >= 11 is 0. The molecule has 1 aromatic carbocycles. The second kappa shape index (κ2) is 4.17. The average Bonchev–Trinajstić information content (AvgIpc) is 2.61. The number of anilines is 1. The summed E-state index contributed by atoms with van der Waals surface area (Å²) in [6.07, 6.45) is 1.79. The molecule has 0 aliphatic rings. The molecule has 0 aliphatic heterocycles. The SMILES string of the molecule is Cc1cccc(CNc2ccnn2C)c1. The highest BCUT2D eigenvalue weighted by atomic mass is 15.3. The molecule has 0 aliphatic carbocycles. The number of aryl methyl sites for hydroxylation is 2. The minimum Gasteiger partial charge on any atom is -0.366 e. The molecule has 1 aromatic heterocycles. The van der Waals surface area contributed by atoms with Crippen molar-refractivity contribution in [2.45, 2.75) is 13.5 Å². The van der Waals surface area contributed by atoms with Crippen LogP contribution in [0.15, 0.2) is 36.5 Å². The van der Waals surface area contributed by atoms with E-state index in [0.29, 0.717) is 0 Å². The number of hydrogen-bond acceptors (Lipinski definition) is 2. The lowest BCUT2D eigenvalue weighted by atomic mass is 10.1. The smallest absolute Gasteiger partial charge is 0.124 e. The summed E-state index contributed by atoms with van der Waals surface area (Å²) in [5, 5.41) is 7.44. The van der Waals surface area contributed by atoms with Crippen molar-refractivity contribution in [3.05, 3.63) is 47.7 Å². The fourth-order valence-electron chi connectivity index (χ4n) is 1.56. The molecule has 0 radical (unpaired) electrons. The summed E-state index contributed by atoms with van der Waals surface area (Å²) in [4.78, 5) is 0. The summed E-state index contributed by atoms with van der Waals surface area (Å²) in [6, 6.07) is 10.5. The molecule has 3 nitrogen and oxygen atoms in total. The molecule has 2 aromatic rings. The van der Waals surface area contributed by atoms with Crippen molar-refractivity contribution in [2.24, 2.45) is 7.05 Å². The molecule has 1 N–H and O–H groups in total. The van der Waals surface area contributed by atoms with Gasteiger partial charge in [0.25, 0.3) is 0 Å². The van der Waals surface area contributed by atoms with Crippen molar-refractivity contribution in [2.75, 3.05) is 5.32 Å². The standard InChI is InChI=1S/C12H15N3/c1-10-4-3-5-11(8-10)9-13-12-6-7-14-15(12)2/h3-8,13H,9H2,1-2H3. The maximum absolute atomic E-state index is 4.10. The third-order valence-corrected chi connectivity index (χ3v) is 2.38. The molecule has 2 rings (SSSR count). The molecule has 0 bridgehead atoms. The molecule has 0 fully saturated rings. The number of benzene rings is 1. The average molecular weight is 201 g/mol. The van der Waals surface area contributed by atoms with Gasteiger partial charge in [0.2, 0.25) is 0 Å². The number of hydrogen-bond donors (Lipinski definition) is 1. The van der Waals surface area contributed by atoms with E-state index in [4.69, 9.17) is 0 Å². The fourth-order valence-corrected chi connectivity index (χ4v) is 1.56. The lowest BCUT2D eigenvalue weighted by molar-refractivity contribution is 0.769. The van der Waals surface area contributed by atoms with Crippen LogP contribution in [-0.2, 0) is 13.6 Å². The van der Waals surface area contributed by atoms with Crippen LogP contribution < -0.4 is 5.32 Å². The first-order valence-electron chi connectivity index (χ1n) is 5.03. The highest BCUT2D eigenvalue weighted by molar-refractivity contribution is 5.35. The van der Waals surface area contributed by atoms with Crippen LogP contribution in [0.25, 0.3) is 0 Å². The van der Waals surface area contributed by atoms with Crippen LogP contribution in [-0.4, -0.2) is 9.78 Å². The van der Waals surface area contributed by atoms with Gasteiger partial charge in [-0.1, -0.05) is 29.8 Å². The van der Waals surface area contributed by atoms with E-state index in [2.05, 4.69) is 41.6 Å². The third-order valence-electron chi connectivity index (χ3n) is 2.38. The summed E-state index contributed by atoms with van der Waals surface area (Å²) < 4.78 is 1.83. The zero-order chi connectivity index (χ0) is 10.7. The van der Waals surface area contributed by atoms with E-state index < -0.39 is 0 Å². The van der Waals surface area contributed by atoms with Crippen molar-refractivity contribution in [3.8, 4) is 0 Å². The monoisotopic (exact) mass is 201 g/mol. The summed E-state index contributed by atoms with van der Waals surface area (Å²) in [5.41, 5.74) is 2.58. The molecule has 3 heteroatoms. The Morgan fingerprint density at radius 3 is 2.87 bits per heavy atom. The zero-order valence-corrected chi connectivity index (χ0v) is 9.07. The number of aromatic nitrogens is 2. The first kappa shape index (κ1) is 9.77. The normalized spacial score (nSPS) is 10.3. The lowest BCUT2D eigenvalue weighted by Gasteiger charge is -2.06. The first-order chi connectivity index (χ1) is 7.25. The van der Waals surface area contributed by atoms with Gasteiger partial charge in [-0.2, -0.15) is 5.10 Å². The Labute approximate surface area is 89.7 Å². The molecule has 0 saturated heterocycles. The van der Waals surface area contributed by atoms with Crippen molar-refractivity contribution < 1.29 is 0 Å². The van der Waals surface area contributed by atoms with Crippen LogP contribution >= 0.6 is 0 Å². The Morgan fingerprint density at radius 1 is 1.33 bits per heavy atom. The molecule has 78 valence electrons. The molecule has 0 atom stereocenters. The fraction of sp³-hybridized carbons (Fsp3) is 0.250. The summed E-state index contributed by atoms with van der Waals surface area (Å²) in [5.74, 6) is 1.04. The van der Waals surface area contributed by atoms with Gasteiger partial charge in [-0.15, -0.1) is 0 Å². The van der Waals surface area contributed by atoms with Crippen LogP contribution in [0.1, 0.15) is 11.1 Å². The van der Waals surface area contributed by atoms with Gasteiger partial charge in [-0.05, 0) is 12.5 Å². The van der Waals surface area contributed by atoms with Gasteiger partial charge < -0.3 is 5.32 Å². The van der Waals surface area contributed by atoms with E-state index in [9.17, 15) is 0 Å². The van der Waals surface area contributed by atoms with E-state index in [-0.39, 0.29) is 0 Å². The summed E-state index contributed by atoms with van der Waals surface area (Å²) in [7, 11) is 1.93. The highest BCUT2D eigenvalue weighted by Gasteiger charge is 1.97. The van der Waals surface area contributed by atoms with Crippen LogP contribution in [0, 0.1) is 6.92 Å². The molecule has 0 saturated carbocycles. The van der Waals surface area contributed by atoms with E-state index in [0.717, 1.165) is 12.4 Å². The summed E-state index contributed by atoms with van der Waals surface area (Å²) in [6.45, 7) is 2.94. The van der Waals surface area contributed by atoms with Gasteiger partial charge in [0, 0.05) is 19.7 Å². The topological polar surface area (TPSA) is 29.9 Å². The van der Waals surface area contributed by atoms with Crippen molar-refractivity contribution >= 4 is 5.82 Å². The van der Waals surface area contributed by atoms with Crippen LogP contribution in [0.4, 0.5) is 5.82 Å². The molecular weight excluding hydrogens is 186 g/mol. The van der Waals surface area contributed by atoms with Crippen LogP contribution in [0.2, 0.25) is 0 Å². The second-order valence-electron chi connectivity index (χ2n) is 3.68. The van der Waals surface area contributed by atoms with Crippen molar-refractivity contribution in [1.82, 2.24) is 9.78 Å². The van der Waals surface area contributed by atoms with Gasteiger partial charge in [-0.3, -0.25) is 4.68 Å². The predicted molar refractivity (Wildman–Crippen MR) is 61.7 cm³/mol. The Balaban J connectivity index is 2.02. The first-order valence-corrected chi connectivity index (χ1v) is 5.03. The van der Waals surface area contributed by atoms with Gasteiger partial charge in [-0.25, -0.2) is 0 Å². The largest absolute Gasteiger partial charge is 0.366 e. The van der Waals surface area contributed by atoms with Crippen molar-refractivity contribution in [1.29, 1.82) is 0 Å². The quantitative estimate of drug-likeness (QED) is 0.826. The zero-order valence-electron chi connectivity index (χ0n) is 9.07. The molecular formula is C12H15N3. The second-order valence-corrected chi connectivity index (χ2v) is 3.68. The molecule has 0 spiro atoms. The van der Waals surface area contributed by atoms with Gasteiger partial charge in [0.1, 0.15) is 5.82 Å². The maximum atomic E-state index is 4.10. The minimum absolute atomic E-state index is 0.835. The van der Waals surface area contributed by atoms with E-state index >= 15 is 0 Å². The molecule has 0 unspecified atom stereocenters. The molecule has 1 heterocycles. The Kier molecular flexibility index (Phi) is 2.72. The molecule has 15 heavy (non-hydrogen) atoms. The number of nitrogens with zero attached hydrogens (tertiary/aromatic N) is 2. The highest BCUT2D eigenvalue weighted by Crippen LogP contribution is 2.08. The van der Waals surface area contributed by atoms with Crippen LogP contribution in [0.3, 0.4) is 0 Å². The van der Waals surface area contributed by atoms with E-state index in [1.165, 1.54) is 11.1 Å². The lowest BCUT2D eigenvalue weighted by Crippen LogP contribution is -2.04. The van der Waals surface area contributed by atoms with Gasteiger partial charge >= 0.3 is 0 Å². The Bertz CT molecular complexity index is 446. The van der Waals surface area contributed by atoms with Gasteiger partial charge in [0.05, 0.1) is 6.20 Å². The van der Waals surface area contributed by atoms with Crippen molar-refractivity contribution in [3.63, 3.8) is 0 Å². The third kappa shape index (κ3) is 2.37. The van der Waals surface area contributed by atoms with Gasteiger partial charge in [0.15, 0.2) is 0 Å². The maximum Gasteiger partial charge on any atom is 0.124 e. The number of rotatable bonds is 3. The predicted octanol–water partition coefficient (Wildman–Crippen LogP) is 2.34. The Morgan fingerprint density at radius 2 is 2.20 bits per heavy atom. The number of nitrogens with one attached hydrogen (secondary N) is 1.